The Balaban J connectivity index is 1.98. The van der Waals surface area contributed by atoms with Gasteiger partial charge in [-0.15, -0.1) is 0 Å². The van der Waals surface area contributed by atoms with E-state index in [1.807, 2.05) is 24.3 Å². The predicted molar refractivity (Wildman–Crippen MR) is 90.6 cm³/mol. The molecule has 0 unspecified atom stereocenters. The highest BCUT2D eigenvalue weighted by atomic mass is 31.2. The number of hydrogen-bond acceptors (Lipinski definition) is 7. The Labute approximate surface area is 143 Å². The third kappa shape index (κ3) is 3.53. The number of nitrogens with zero attached hydrogens (tertiary/aromatic N) is 4. The fraction of sp³-hybridized carbons (Fsp3) is 0.267. The van der Waals surface area contributed by atoms with Crippen LogP contribution >= 0.6 is 7.60 Å². The number of aromatic nitrogens is 4. The van der Waals surface area contributed by atoms with Gasteiger partial charge in [0.05, 0.1) is 19.0 Å². The Hall–Kier alpha value is -2.35. The van der Waals surface area contributed by atoms with Crippen molar-refractivity contribution in [3.8, 4) is 0 Å². The summed E-state index contributed by atoms with van der Waals surface area (Å²) in [5, 5.41) is 0. The third-order valence-electron chi connectivity index (χ3n) is 3.84. The second-order valence-corrected chi connectivity index (χ2v) is 7.59. The lowest BCUT2D eigenvalue weighted by molar-refractivity contribution is 0.274. The second kappa shape index (κ2) is 6.87. The van der Waals surface area contributed by atoms with E-state index in [0.717, 1.165) is 11.1 Å². The molecular weight excluding hydrogens is 348 g/mol. The van der Waals surface area contributed by atoms with Gasteiger partial charge in [0, 0.05) is 14.2 Å². The first-order valence-electron chi connectivity index (χ1n) is 7.37. The summed E-state index contributed by atoms with van der Waals surface area (Å²) in [7, 11) is -0.522. The van der Waals surface area contributed by atoms with E-state index in [9.17, 15) is 8.96 Å². The van der Waals surface area contributed by atoms with Gasteiger partial charge >= 0.3 is 13.7 Å². The molecule has 0 fully saturated rings. The van der Waals surface area contributed by atoms with Crippen molar-refractivity contribution in [3.63, 3.8) is 0 Å². The summed E-state index contributed by atoms with van der Waals surface area (Å²) in [6, 6.07) is 7.40. The number of anilines is 1. The van der Waals surface area contributed by atoms with Crippen LogP contribution < -0.4 is 5.73 Å². The molecule has 0 radical (unpaired) electrons. The molecular formula is C15H17FN5O3P. The van der Waals surface area contributed by atoms with Gasteiger partial charge in [0.15, 0.2) is 11.5 Å². The van der Waals surface area contributed by atoms with Crippen molar-refractivity contribution in [1.82, 2.24) is 19.5 Å². The number of halogens is 1. The molecule has 132 valence electrons. The van der Waals surface area contributed by atoms with Gasteiger partial charge in [0.1, 0.15) is 5.52 Å². The van der Waals surface area contributed by atoms with Crippen LogP contribution in [0.1, 0.15) is 11.1 Å². The van der Waals surface area contributed by atoms with Crippen LogP contribution in [0.15, 0.2) is 30.6 Å². The lowest BCUT2D eigenvalue weighted by Crippen LogP contribution is -2.05. The van der Waals surface area contributed by atoms with Crippen molar-refractivity contribution in [3.05, 3.63) is 47.8 Å². The highest BCUT2D eigenvalue weighted by molar-refractivity contribution is 7.52. The monoisotopic (exact) mass is 365 g/mol. The van der Waals surface area contributed by atoms with E-state index in [0.29, 0.717) is 17.7 Å². The Morgan fingerprint density at radius 3 is 2.56 bits per heavy atom. The fourth-order valence-electron chi connectivity index (χ4n) is 2.52. The van der Waals surface area contributed by atoms with Gasteiger partial charge in [0.2, 0.25) is 0 Å². The number of fused-ring (bicyclic) bond motifs is 1. The maximum atomic E-state index is 13.5. The highest BCUT2D eigenvalue weighted by Crippen LogP contribution is 2.50. The molecule has 0 aliphatic rings. The van der Waals surface area contributed by atoms with Crippen molar-refractivity contribution >= 4 is 24.6 Å². The highest BCUT2D eigenvalue weighted by Gasteiger charge is 2.23. The van der Waals surface area contributed by atoms with Crippen LogP contribution in [0, 0.1) is 6.08 Å². The molecule has 0 spiro atoms. The van der Waals surface area contributed by atoms with Crippen molar-refractivity contribution in [2.24, 2.45) is 0 Å². The molecule has 0 aliphatic carbocycles. The number of imidazole rings is 1. The smallest absolute Gasteiger partial charge is 0.334 e. The van der Waals surface area contributed by atoms with Gasteiger partial charge < -0.3 is 19.3 Å². The summed E-state index contributed by atoms with van der Waals surface area (Å²) in [4.78, 5) is 11.4. The summed E-state index contributed by atoms with van der Waals surface area (Å²) in [5.41, 5.74) is 7.95. The van der Waals surface area contributed by atoms with Gasteiger partial charge in [0.25, 0.3) is 0 Å². The SMILES string of the molecule is COP(=O)(Cc1ccccc1Cn1cnc2c(N)nc(F)nc21)OC. The summed E-state index contributed by atoms with van der Waals surface area (Å²) in [6.07, 6.45) is 0.718. The van der Waals surface area contributed by atoms with E-state index < -0.39 is 13.7 Å². The lowest BCUT2D eigenvalue weighted by Gasteiger charge is -2.16. The van der Waals surface area contributed by atoms with E-state index in [1.54, 1.807) is 4.57 Å². The van der Waals surface area contributed by atoms with E-state index in [-0.39, 0.29) is 12.0 Å². The topological polar surface area (TPSA) is 105 Å². The largest absolute Gasteiger partial charge is 0.382 e. The maximum absolute atomic E-state index is 13.5. The van der Waals surface area contributed by atoms with E-state index in [4.69, 9.17) is 14.8 Å². The Morgan fingerprint density at radius 2 is 1.88 bits per heavy atom. The number of rotatable bonds is 6. The first-order valence-corrected chi connectivity index (χ1v) is 9.09. The molecule has 2 N–H and O–H groups in total. The molecule has 0 saturated carbocycles. The van der Waals surface area contributed by atoms with Gasteiger partial charge in [-0.3, -0.25) is 4.57 Å². The molecule has 8 nitrogen and oxygen atoms in total. The second-order valence-electron chi connectivity index (χ2n) is 5.33. The average molecular weight is 365 g/mol. The minimum absolute atomic E-state index is 0.0159. The van der Waals surface area contributed by atoms with Gasteiger partial charge in [-0.1, -0.05) is 24.3 Å². The number of hydrogen-bond donors (Lipinski definition) is 1. The van der Waals surface area contributed by atoms with Gasteiger partial charge in [-0.2, -0.15) is 14.4 Å². The Bertz CT molecular complexity index is 953. The Morgan fingerprint density at radius 1 is 1.20 bits per heavy atom. The van der Waals surface area contributed by atoms with Crippen LogP contribution in [0.4, 0.5) is 10.2 Å². The molecule has 0 aliphatic heterocycles. The summed E-state index contributed by atoms with van der Waals surface area (Å²) in [6.45, 7) is 0.343. The summed E-state index contributed by atoms with van der Waals surface area (Å²) >= 11 is 0. The van der Waals surface area contributed by atoms with Crippen LogP contribution in [-0.4, -0.2) is 33.7 Å². The molecule has 0 saturated heterocycles. The molecule has 2 aromatic heterocycles. The van der Waals surface area contributed by atoms with Crippen molar-refractivity contribution in [2.45, 2.75) is 12.7 Å². The zero-order chi connectivity index (χ0) is 18.0. The Kier molecular flexibility index (Phi) is 4.80. The zero-order valence-corrected chi connectivity index (χ0v) is 14.6. The van der Waals surface area contributed by atoms with Crippen LogP contribution in [-0.2, 0) is 26.3 Å². The average Bonchev–Trinajstić information content (AvgIpc) is 2.99. The molecule has 25 heavy (non-hydrogen) atoms. The van der Waals surface area contributed by atoms with Crippen LogP contribution in [0.2, 0.25) is 0 Å². The predicted octanol–water partition coefficient (Wildman–Crippen LogP) is 2.58. The third-order valence-corrected chi connectivity index (χ3v) is 5.68. The minimum Gasteiger partial charge on any atom is -0.382 e. The van der Waals surface area contributed by atoms with E-state index in [2.05, 4.69) is 15.0 Å². The maximum Gasteiger partial charge on any atom is 0.334 e. The zero-order valence-electron chi connectivity index (χ0n) is 13.7. The van der Waals surface area contributed by atoms with Crippen LogP contribution in [0.25, 0.3) is 11.2 Å². The molecule has 0 amide bonds. The quantitative estimate of drug-likeness (QED) is 0.529. The molecule has 3 aromatic rings. The molecule has 10 heteroatoms. The molecule has 0 bridgehead atoms. The standard InChI is InChI=1S/C15H17FN5O3P/c1-23-25(22,24-2)8-11-6-4-3-5-10(11)7-21-9-18-12-13(17)19-15(16)20-14(12)21/h3-6,9H,7-8H2,1-2H3,(H2,17,19,20). The first-order chi connectivity index (χ1) is 12.0. The van der Waals surface area contributed by atoms with Gasteiger partial charge in [-0.25, -0.2) is 4.98 Å². The molecule has 3 rings (SSSR count). The van der Waals surface area contributed by atoms with Crippen molar-refractivity contribution in [2.75, 3.05) is 20.0 Å². The van der Waals surface area contributed by atoms with Crippen molar-refractivity contribution < 1.29 is 18.0 Å². The summed E-state index contributed by atoms with van der Waals surface area (Å²) < 4.78 is 37.6. The first kappa shape index (κ1) is 17.5. The van der Waals surface area contributed by atoms with Crippen LogP contribution in [0.5, 0.6) is 0 Å². The number of nitrogens with two attached hydrogens (primary N) is 1. The normalized spacial score (nSPS) is 12.0. The van der Waals surface area contributed by atoms with Gasteiger partial charge in [-0.05, 0) is 11.1 Å². The van der Waals surface area contributed by atoms with Crippen LogP contribution in [0.3, 0.4) is 0 Å². The number of nitrogen functional groups attached to an aromatic ring is 1. The van der Waals surface area contributed by atoms with E-state index >= 15 is 0 Å². The summed E-state index contributed by atoms with van der Waals surface area (Å²) in [5.74, 6) is -0.0159. The number of benzene rings is 1. The minimum atomic E-state index is -3.21. The lowest BCUT2D eigenvalue weighted by atomic mass is 10.1. The fourth-order valence-corrected chi connectivity index (χ4v) is 3.65. The molecule has 2 heterocycles. The molecule has 0 atom stereocenters. The molecule has 1 aromatic carbocycles. The van der Waals surface area contributed by atoms with E-state index in [1.165, 1.54) is 20.5 Å². The van der Waals surface area contributed by atoms with Crippen molar-refractivity contribution in [1.29, 1.82) is 0 Å².